The van der Waals surface area contributed by atoms with E-state index in [-0.39, 0.29) is 29.9 Å². The Morgan fingerprint density at radius 1 is 1.33 bits per heavy atom. The van der Waals surface area contributed by atoms with Crippen molar-refractivity contribution in [2.45, 2.75) is 25.9 Å². The predicted octanol–water partition coefficient (Wildman–Crippen LogP) is 2.21. The van der Waals surface area contributed by atoms with Crippen LogP contribution in [0.5, 0.6) is 0 Å². The Bertz CT molecular complexity index is 500. The highest BCUT2D eigenvalue weighted by Crippen LogP contribution is 2.22. The monoisotopic (exact) mass is 278 g/mol. The van der Waals surface area contributed by atoms with E-state index < -0.39 is 27.6 Å². The first-order valence-corrected chi connectivity index (χ1v) is 7.51. The molecule has 1 atom stereocenters. The highest BCUT2D eigenvalue weighted by atomic mass is 32.2. The van der Waals surface area contributed by atoms with Gasteiger partial charge in [0.05, 0.1) is 11.9 Å². The molecule has 18 heavy (non-hydrogen) atoms. The summed E-state index contributed by atoms with van der Waals surface area (Å²) in [5.41, 5.74) is -0.135. The van der Waals surface area contributed by atoms with Crippen molar-refractivity contribution in [1.29, 1.82) is 0 Å². The van der Waals surface area contributed by atoms with Crippen LogP contribution in [0.4, 0.5) is 8.78 Å². The molecule has 0 aliphatic rings. The van der Waals surface area contributed by atoms with Gasteiger partial charge in [-0.25, -0.2) is 17.2 Å². The third-order valence-corrected chi connectivity index (χ3v) is 4.48. The third-order valence-electron chi connectivity index (χ3n) is 2.69. The van der Waals surface area contributed by atoms with Gasteiger partial charge in [0, 0.05) is 11.3 Å². The number of hydrogen-bond donors (Lipinski definition) is 1. The molecule has 0 aliphatic heterocycles. The molecule has 0 aromatic heterocycles. The van der Waals surface area contributed by atoms with E-state index in [1.165, 1.54) is 6.92 Å². The van der Waals surface area contributed by atoms with Crippen LogP contribution in [0.2, 0.25) is 0 Å². The van der Waals surface area contributed by atoms with Gasteiger partial charge >= 0.3 is 0 Å². The number of aliphatic hydroxyl groups is 1. The number of sulfone groups is 1. The number of benzene rings is 1. The molecular formula is C12H16F2O3S. The van der Waals surface area contributed by atoms with Gasteiger partial charge in [-0.2, -0.15) is 0 Å². The standard InChI is InChI=1S/C12H16F2O3S/c1-2-18(16,17)7-3-4-12(15)10-8-9(13)5-6-11(10)14/h5-6,8,12,15H,2-4,7H2,1H3. The second-order valence-electron chi connectivity index (χ2n) is 4.06. The van der Waals surface area contributed by atoms with Gasteiger partial charge < -0.3 is 5.11 Å². The van der Waals surface area contributed by atoms with Crippen LogP contribution in [-0.4, -0.2) is 25.0 Å². The van der Waals surface area contributed by atoms with E-state index >= 15 is 0 Å². The number of halogens is 2. The Labute approximate surface area is 105 Å². The van der Waals surface area contributed by atoms with Crippen LogP contribution >= 0.6 is 0 Å². The molecule has 0 amide bonds. The number of hydrogen-bond acceptors (Lipinski definition) is 3. The SMILES string of the molecule is CCS(=O)(=O)CCCC(O)c1cc(F)ccc1F. The molecule has 0 spiro atoms. The molecule has 0 saturated heterocycles. The summed E-state index contributed by atoms with van der Waals surface area (Å²) in [7, 11) is -3.09. The average Bonchev–Trinajstić information content (AvgIpc) is 2.32. The zero-order valence-electron chi connectivity index (χ0n) is 10.1. The number of rotatable bonds is 6. The maximum Gasteiger partial charge on any atom is 0.150 e. The Morgan fingerprint density at radius 2 is 2.00 bits per heavy atom. The van der Waals surface area contributed by atoms with Gasteiger partial charge in [0.15, 0.2) is 0 Å². The van der Waals surface area contributed by atoms with Crippen LogP contribution < -0.4 is 0 Å². The van der Waals surface area contributed by atoms with E-state index in [9.17, 15) is 22.3 Å². The molecule has 0 bridgehead atoms. The summed E-state index contributed by atoms with van der Waals surface area (Å²) in [5.74, 6) is -1.34. The fourth-order valence-corrected chi connectivity index (χ4v) is 2.46. The van der Waals surface area contributed by atoms with Gasteiger partial charge in [-0.3, -0.25) is 0 Å². The third kappa shape index (κ3) is 4.34. The molecule has 0 heterocycles. The molecule has 0 fully saturated rings. The molecule has 0 radical (unpaired) electrons. The normalized spacial score (nSPS) is 13.6. The molecule has 1 rings (SSSR count). The van der Waals surface area contributed by atoms with Crippen LogP contribution in [0.3, 0.4) is 0 Å². The topological polar surface area (TPSA) is 54.4 Å². The van der Waals surface area contributed by atoms with Gasteiger partial charge in [-0.1, -0.05) is 6.92 Å². The quantitative estimate of drug-likeness (QED) is 0.868. The fraction of sp³-hybridized carbons (Fsp3) is 0.500. The zero-order chi connectivity index (χ0) is 13.8. The van der Waals surface area contributed by atoms with Gasteiger partial charge in [0.25, 0.3) is 0 Å². The maximum atomic E-state index is 13.3. The molecule has 1 unspecified atom stereocenters. The maximum absolute atomic E-state index is 13.3. The lowest BCUT2D eigenvalue weighted by Gasteiger charge is -2.11. The Hall–Kier alpha value is -1.01. The Morgan fingerprint density at radius 3 is 2.61 bits per heavy atom. The van der Waals surface area contributed by atoms with E-state index in [2.05, 4.69) is 0 Å². The predicted molar refractivity (Wildman–Crippen MR) is 64.9 cm³/mol. The summed E-state index contributed by atoms with van der Waals surface area (Å²) in [4.78, 5) is 0. The summed E-state index contributed by atoms with van der Waals surface area (Å²) in [6.07, 6.45) is -0.889. The van der Waals surface area contributed by atoms with E-state index in [1.54, 1.807) is 0 Å². The fourth-order valence-electron chi connectivity index (χ4n) is 1.57. The molecule has 102 valence electrons. The van der Waals surface area contributed by atoms with E-state index in [4.69, 9.17) is 0 Å². The second kappa shape index (κ2) is 6.24. The molecule has 1 aromatic carbocycles. The first-order chi connectivity index (χ1) is 8.35. The Kier molecular flexibility index (Phi) is 5.22. The summed E-state index contributed by atoms with van der Waals surface area (Å²) < 4.78 is 48.6. The lowest BCUT2D eigenvalue weighted by molar-refractivity contribution is 0.161. The Balaban J connectivity index is 2.61. The van der Waals surface area contributed by atoms with Crippen LogP contribution in [0.1, 0.15) is 31.4 Å². The largest absolute Gasteiger partial charge is 0.388 e. The van der Waals surface area contributed by atoms with Crippen molar-refractivity contribution < 1.29 is 22.3 Å². The minimum atomic E-state index is -3.09. The van der Waals surface area contributed by atoms with Crippen LogP contribution in [0, 0.1) is 11.6 Å². The minimum absolute atomic E-state index is 0.0391. The van der Waals surface area contributed by atoms with Crippen LogP contribution in [0.15, 0.2) is 18.2 Å². The molecule has 0 saturated carbocycles. The van der Waals surface area contributed by atoms with Crippen LogP contribution in [0.25, 0.3) is 0 Å². The summed E-state index contributed by atoms with van der Waals surface area (Å²) in [5, 5.41) is 9.69. The first kappa shape index (κ1) is 15.0. The first-order valence-electron chi connectivity index (χ1n) is 5.69. The van der Waals surface area contributed by atoms with E-state index in [0.29, 0.717) is 0 Å². The van der Waals surface area contributed by atoms with Gasteiger partial charge in [0.2, 0.25) is 0 Å². The molecule has 0 aliphatic carbocycles. The zero-order valence-corrected chi connectivity index (χ0v) is 10.9. The van der Waals surface area contributed by atoms with Gasteiger partial charge in [-0.15, -0.1) is 0 Å². The highest BCUT2D eigenvalue weighted by molar-refractivity contribution is 7.91. The lowest BCUT2D eigenvalue weighted by atomic mass is 10.0. The van der Waals surface area contributed by atoms with Gasteiger partial charge in [0.1, 0.15) is 21.5 Å². The van der Waals surface area contributed by atoms with Crippen molar-refractivity contribution in [3.8, 4) is 0 Å². The van der Waals surface area contributed by atoms with Crippen molar-refractivity contribution in [3.63, 3.8) is 0 Å². The van der Waals surface area contributed by atoms with Crippen LogP contribution in [-0.2, 0) is 9.84 Å². The molecular weight excluding hydrogens is 262 g/mol. The molecule has 1 N–H and O–H groups in total. The van der Waals surface area contributed by atoms with E-state index in [1.807, 2.05) is 0 Å². The van der Waals surface area contributed by atoms with Crippen molar-refractivity contribution in [2.75, 3.05) is 11.5 Å². The number of aliphatic hydroxyl groups excluding tert-OH is 1. The summed E-state index contributed by atoms with van der Waals surface area (Å²) in [6.45, 7) is 1.54. The average molecular weight is 278 g/mol. The summed E-state index contributed by atoms with van der Waals surface area (Å²) in [6, 6.07) is 2.83. The van der Waals surface area contributed by atoms with Crippen molar-refractivity contribution in [1.82, 2.24) is 0 Å². The van der Waals surface area contributed by atoms with Gasteiger partial charge in [-0.05, 0) is 31.0 Å². The smallest absolute Gasteiger partial charge is 0.150 e. The molecule has 1 aromatic rings. The summed E-state index contributed by atoms with van der Waals surface area (Å²) >= 11 is 0. The highest BCUT2D eigenvalue weighted by Gasteiger charge is 2.15. The minimum Gasteiger partial charge on any atom is -0.388 e. The van der Waals surface area contributed by atoms with E-state index in [0.717, 1.165) is 18.2 Å². The second-order valence-corrected chi connectivity index (χ2v) is 6.53. The van der Waals surface area contributed by atoms with Crippen molar-refractivity contribution in [2.24, 2.45) is 0 Å². The van der Waals surface area contributed by atoms with Crippen molar-refractivity contribution in [3.05, 3.63) is 35.4 Å². The lowest BCUT2D eigenvalue weighted by Crippen LogP contribution is -2.10. The molecule has 6 heteroatoms. The van der Waals surface area contributed by atoms with Crippen molar-refractivity contribution >= 4 is 9.84 Å². The molecule has 3 nitrogen and oxygen atoms in total.